The number of carbonyl (C=O) groups is 2. The van der Waals surface area contributed by atoms with Crippen LogP contribution in [0, 0.1) is 0 Å². The van der Waals surface area contributed by atoms with E-state index in [0.717, 1.165) is 6.42 Å². The van der Waals surface area contributed by atoms with Gasteiger partial charge in [-0.2, -0.15) is 13.2 Å². The summed E-state index contributed by atoms with van der Waals surface area (Å²) in [6.45, 7) is 2.48. The standard InChI is InChI=1S/C22H22F3N5O2/c23-22(24,25)21-27-17-8-7-16(13-18(17)28-21)26-19(31)14-29-9-4-10-30(12-11-29)20(32)15-5-2-1-3-6-15/h1-3,5-8,13H,4,9-12,14H2,(H,26,31)(H,27,28). The maximum atomic E-state index is 12.8. The van der Waals surface area contributed by atoms with Gasteiger partial charge in [-0.3, -0.25) is 14.5 Å². The monoisotopic (exact) mass is 445 g/mol. The minimum absolute atomic E-state index is 0.0250. The Balaban J connectivity index is 1.33. The van der Waals surface area contributed by atoms with Gasteiger partial charge in [-0.15, -0.1) is 0 Å². The maximum absolute atomic E-state index is 12.8. The largest absolute Gasteiger partial charge is 0.449 e. The summed E-state index contributed by atoms with van der Waals surface area (Å²) in [6.07, 6.45) is -3.82. The van der Waals surface area contributed by atoms with Crippen molar-refractivity contribution in [3.63, 3.8) is 0 Å². The van der Waals surface area contributed by atoms with Gasteiger partial charge in [0, 0.05) is 37.4 Å². The number of benzene rings is 2. The Morgan fingerprint density at radius 2 is 1.81 bits per heavy atom. The van der Waals surface area contributed by atoms with Gasteiger partial charge in [0.2, 0.25) is 11.7 Å². The number of alkyl halides is 3. The molecule has 32 heavy (non-hydrogen) atoms. The van der Waals surface area contributed by atoms with E-state index in [4.69, 9.17) is 0 Å². The van der Waals surface area contributed by atoms with E-state index in [1.807, 2.05) is 23.1 Å². The molecule has 1 fully saturated rings. The predicted octanol–water partition coefficient (Wildman–Crippen LogP) is 3.37. The smallest absolute Gasteiger partial charge is 0.337 e. The fraction of sp³-hybridized carbons (Fsp3) is 0.318. The number of nitrogens with zero attached hydrogens (tertiary/aromatic N) is 3. The Morgan fingerprint density at radius 1 is 1.03 bits per heavy atom. The van der Waals surface area contributed by atoms with Crippen molar-refractivity contribution in [3.05, 3.63) is 59.9 Å². The summed E-state index contributed by atoms with van der Waals surface area (Å²) >= 11 is 0. The number of aromatic amines is 1. The number of fused-ring (bicyclic) bond motifs is 1. The van der Waals surface area contributed by atoms with Crippen LogP contribution in [0.25, 0.3) is 11.0 Å². The molecule has 168 valence electrons. The number of halogens is 3. The molecule has 1 aliphatic rings. The number of imidazole rings is 1. The lowest BCUT2D eigenvalue weighted by Gasteiger charge is -2.21. The lowest BCUT2D eigenvalue weighted by molar-refractivity contribution is -0.144. The molecule has 3 aromatic rings. The Morgan fingerprint density at radius 3 is 2.56 bits per heavy atom. The van der Waals surface area contributed by atoms with E-state index in [2.05, 4.69) is 15.3 Å². The second kappa shape index (κ2) is 8.99. The molecule has 0 unspecified atom stereocenters. The van der Waals surface area contributed by atoms with Gasteiger partial charge in [0.1, 0.15) is 0 Å². The molecule has 2 heterocycles. The number of anilines is 1. The quantitative estimate of drug-likeness (QED) is 0.645. The normalized spacial score (nSPS) is 15.5. The summed E-state index contributed by atoms with van der Waals surface area (Å²) in [5.74, 6) is -1.37. The first-order valence-electron chi connectivity index (χ1n) is 10.2. The summed E-state index contributed by atoms with van der Waals surface area (Å²) in [4.78, 5) is 34.6. The Kier molecular flexibility index (Phi) is 6.13. The van der Waals surface area contributed by atoms with Crippen LogP contribution >= 0.6 is 0 Å². The highest BCUT2D eigenvalue weighted by atomic mass is 19.4. The Labute approximate surface area is 182 Å². The fourth-order valence-corrected chi connectivity index (χ4v) is 3.72. The first-order valence-corrected chi connectivity index (χ1v) is 10.2. The van der Waals surface area contributed by atoms with Crippen LogP contribution in [0.3, 0.4) is 0 Å². The zero-order valence-electron chi connectivity index (χ0n) is 17.2. The van der Waals surface area contributed by atoms with Crippen molar-refractivity contribution >= 4 is 28.5 Å². The van der Waals surface area contributed by atoms with E-state index < -0.39 is 12.0 Å². The minimum atomic E-state index is -4.56. The summed E-state index contributed by atoms with van der Waals surface area (Å²) in [5.41, 5.74) is 1.39. The fourth-order valence-electron chi connectivity index (χ4n) is 3.72. The molecule has 1 aliphatic heterocycles. The molecule has 10 heteroatoms. The van der Waals surface area contributed by atoms with Crippen LogP contribution in [-0.4, -0.2) is 64.3 Å². The van der Waals surface area contributed by atoms with Crippen molar-refractivity contribution in [2.24, 2.45) is 0 Å². The lowest BCUT2D eigenvalue weighted by Crippen LogP contribution is -2.38. The van der Waals surface area contributed by atoms with Gasteiger partial charge in [0.25, 0.3) is 5.91 Å². The van der Waals surface area contributed by atoms with Crippen molar-refractivity contribution in [3.8, 4) is 0 Å². The van der Waals surface area contributed by atoms with Crippen molar-refractivity contribution in [2.75, 3.05) is 38.0 Å². The van der Waals surface area contributed by atoms with E-state index in [0.29, 0.717) is 37.4 Å². The van der Waals surface area contributed by atoms with Crippen LogP contribution < -0.4 is 5.32 Å². The summed E-state index contributed by atoms with van der Waals surface area (Å²) in [7, 11) is 0. The molecular weight excluding hydrogens is 423 g/mol. The molecule has 0 atom stereocenters. The molecule has 2 amide bonds. The van der Waals surface area contributed by atoms with Gasteiger partial charge in [0.15, 0.2) is 0 Å². The first kappa shape index (κ1) is 21.8. The third-order valence-electron chi connectivity index (χ3n) is 5.30. The molecule has 1 aromatic heterocycles. The molecule has 2 aromatic carbocycles. The van der Waals surface area contributed by atoms with Gasteiger partial charge >= 0.3 is 6.18 Å². The molecule has 7 nitrogen and oxygen atoms in total. The van der Waals surface area contributed by atoms with Crippen LogP contribution in [0.2, 0.25) is 0 Å². The van der Waals surface area contributed by atoms with Crippen molar-refractivity contribution in [1.82, 2.24) is 19.8 Å². The average molecular weight is 445 g/mol. The number of hydrogen-bond donors (Lipinski definition) is 2. The van der Waals surface area contributed by atoms with Crippen molar-refractivity contribution < 1.29 is 22.8 Å². The average Bonchev–Trinajstić information content (AvgIpc) is 3.07. The molecule has 0 aliphatic carbocycles. The van der Waals surface area contributed by atoms with Crippen LogP contribution in [0.15, 0.2) is 48.5 Å². The van der Waals surface area contributed by atoms with Crippen LogP contribution in [0.4, 0.5) is 18.9 Å². The van der Waals surface area contributed by atoms with Gasteiger partial charge < -0.3 is 15.2 Å². The molecule has 4 rings (SSSR count). The van der Waals surface area contributed by atoms with Gasteiger partial charge in [-0.25, -0.2) is 4.98 Å². The van der Waals surface area contributed by atoms with Crippen LogP contribution in [0.1, 0.15) is 22.6 Å². The molecule has 0 radical (unpaired) electrons. The lowest BCUT2D eigenvalue weighted by atomic mass is 10.2. The number of rotatable bonds is 4. The summed E-state index contributed by atoms with van der Waals surface area (Å²) in [6, 6.07) is 13.5. The van der Waals surface area contributed by atoms with E-state index in [1.165, 1.54) is 18.2 Å². The SMILES string of the molecule is O=C(CN1CCCN(C(=O)c2ccccc2)CC1)Nc1ccc2nc(C(F)(F)F)[nH]c2c1. The number of amides is 2. The number of nitrogens with one attached hydrogen (secondary N) is 2. The Hall–Kier alpha value is -3.40. The molecular formula is C22H22F3N5O2. The van der Waals surface area contributed by atoms with E-state index in [-0.39, 0.29) is 29.4 Å². The molecule has 0 saturated carbocycles. The van der Waals surface area contributed by atoms with Crippen LogP contribution in [-0.2, 0) is 11.0 Å². The summed E-state index contributed by atoms with van der Waals surface area (Å²) in [5, 5.41) is 2.72. The highest BCUT2D eigenvalue weighted by Crippen LogP contribution is 2.29. The number of carbonyl (C=O) groups excluding carboxylic acids is 2. The first-order chi connectivity index (χ1) is 15.3. The second-order valence-electron chi connectivity index (χ2n) is 7.65. The molecule has 0 spiro atoms. The number of hydrogen-bond acceptors (Lipinski definition) is 4. The predicted molar refractivity (Wildman–Crippen MR) is 113 cm³/mol. The highest BCUT2D eigenvalue weighted by molar-refractivity contribution is 5.95. The van der Waals surface area contributed by atoms with E-state index in [1.54, 1.807) is 17.0 Å². The minimum Gasteiger partial charge on any atom is -0.337 e. The maximum Gasteiger partial charge on any atom is 0.449 e. The number of H-pyrrole nitrogens is 1. The van der Waals surface area contributed by atoms with Crippen molar-refractivity contribution in [1.29, 1.82) is 0 Å². The van der Waals surface area contributed by atoms with Gasteiger partial charge in [-0.1, -0.05) is 18.2 Å². The highest BCUT2D eigenvalue weighted by Gasteiger charge is 2.34. The Bertz CT molecular complexity index is 1110. The third-order valence-corrected chi connectivity index (χ3v) is 5.30. The van der Waals surface area contributed by atoms with Gasteiger partial charge in [0.05, 0.1) is 17.6 Å². The molecule has 2 N–H and O–H groups in total. The zero-order chi connectivity index (χ0) is 22.7. The van der Waals surface area contributed by atoms with E-state index >= 15 is 0 Å². The molecule has 1 saturated heterocycles. The third kappa shape index (κ3) is 5.08. The van der Waals surface area contributed by atoms with Gasteiger partial charge in [-0.05, 0) is 36.8 Å². The van der Waals surface area contributed by atoms with Crippen LogP contribution in [0.5, 0.6) is 0 Å². The second-order valence-corrected chi connectivity index (χ2v) is 7.65. The topological polar surface area (TPSA) is 81.3 Å². The zero-order valence-corrected chi connectivity index (χ0v) is 17.2. The van der Waals surface area contributed by atoms with Crippen molar-refractivity contribution in [2.45, 2.75) is 12.6 Å². The molecule has 0 bridgehead atoms. The van der Waals surface area contributed by atoms with E-state index in [9.17, 15) is 22.8 Å². The summed E-state index contributed by atoms with van der Waals surface area (Å²) < 4.78 is 38.4. The number of aromatic nitrogens is 2.